The Morgan fingerprint density at radius 3 is 2.40 bits per heavy atom. The Bertz CT molecular complexity index is 496. The van der Waals surface area contributed by atoms with E-state index in [0.717, 1.165) is 13.1 Å². The van der Waals surface area contributed by atoms with E-state index in [1.807, 2.05) is 0 Å². The molecule has 3 N–H and O–H groups in total. The van der Waals surface area contributed by atoms with E-state index in [4.69, 9.17) is 10.8 Å². The van der Waals surface area contributed by atoms with Crippen molar-refractivity contribution in [3.63, 3.8) is 0 Å². The first-order chi connectivity index (χ1) is 9.21. The lowest BCUT2D eigenvalue weighted by molar-refractivity contribution is -0.142. The lowest BCUT2D eigenvalue weighted by Gasteiger charge is -2.21. The van der Waals surface area contributed by atoms with Gasteiger partial charge in [-0.1, -0.05) is 49.1 Å². The number of rotatable bonds is 4. The maximum absolute atomic E-state index is 11.1. The highest BCUT2D eigenvalue weighted by atomic mass is 28.3. The van der Waals surface area contributed by atoms with Crippen LogP contribution >= 0.6 is 0 Å². The standard InChI is InChI=1S/C15H24N2O2Si/c1-20(2,3)13-6-4-12(5-7-13)10-17-9-8-15(16,11-17)14(18)19/h4-7H,8-11,16H2,1-3H3,(H,18,19). The normalized spacial score (nSPS) is 24.0. The molecular weight excluding hydrogens is 268 g/mol. The maximum atomic E-state index is 11.1. The van der Waals surface area contributed by atoms with Crippen molar-refractivity contribution >= 4 is 19.2 Å². The summed E-state index contributed by atoms with van der Waals surface area (Å²) in [5, 5.41) is 10.6. The molecule has 0 amide bonds. The number of nitrogens with two attached hydrogens (primary N) is 1. The minimum atomic E-state index is -1.25. The van der Waals surface area contributed by atoms with E-state index in [1.165, 1.54) is 10.8 Å². The zero-order chi connectivity index (χ0) is 15.0. The Labute approximate surface area is 121 Å². The second-order valence-corrected chi connectivity index (χ2v) is 11.9. The first-order valence-electron chi connectivity index (χ1n) is 7.05. The molecule has 0 spiro atoms. The number of hydrogen-bond donors (Lipinski definition) is 2. The van der Waals surface area contributed by atoms with Crippen LogP contribution in [-0.2, 0) is 11.3 Å². The van der Waals surface area contributed by atoms with E-state index in [9.17, 15) is 4.79 Å². The number of carbonyl (C=O) groups is 1. The molecule has 1 aliphatic rings. The van der Waals surface area contributed by atoms with E-state index in [1.54, 1.807) is 0 Å². The largest absolute Gasteiger partial charge is 0.480 e. The van der Waals surface area contributed by atoms with Gasteiger partial charge in [0.1, 0.15) is 5.54 Å². The monoisotopic (exact) mass is 292 g/mol. The van der Waals surface area contributed by atoms with Crippen LogP contribution in [0, 0.1) is 0 Å². The average Bonchev–Trinajstić information content (AvgIpc) is 2.72. The molecule has 2 rings (SSSR count). The molecule has 0 saturated carbocycles. The number of carboxylic acids is 1. The third kappa shape index (κ3) is 3.28. The van der Waals surface area contributed by atoms with Crippen LogP contribution in [0.25, 0.3) is 0 Å². The summed E-state index contributed by atoms with van der Waals surface area (Å²) in [4.78, 5) is 13.3. The molecule has 1 saturated heterocycles. The van der Waals surface area contributed by atoms with Crippen LogP contribution in [0.2, 0.25) is 19.6 Å². The highest BCUT2D eigenvalue weighted by molar-refractivity contribution is 6.88. The third-order valence-electron chi connectivity index (χ3n) is 4.03. The number of nitrogens with zero attached hydrogens (tertiary/aromatic N) is 1. The SMILES string of the molecule is C[Si](C)(C)c1ccc(CN2CCC(N)(C(=O)O)C2)cc1. The van der Waals surface area contributed by atoms with Crippen LogP contribution < -0.4 is 10.9 Å². The topological polar surface area (TPSA) is 66.6 Å². The summed E-state index contributed by atoms with van der Waals surface area (Å²) in [6.07, 6.45) is 0.523. The van der Waals surface area contributed by atoms with Crippen molar-refractivity contribution in [2.45, 2.75) is 38.1 Å². The van der Waals surface area contributed by atoms with Gasteiger partial charge in [-0.15, -0.1) is 0 Å². The van der Waals surface area contributed by atoms with Crippen molar-refractivity contribution in [2.75, 3.05) is 13.1 Å². The molecule has 1 atom stereocenters. The van der Waals surface area contributed by atoms with Crippen LogP contribution in [0.1, 0.15) is 12.0 Å². The molecule has 110 valence electrons. The van der Waals surface area contributed by atoms with Crippen LogP contribution in [0.5, 0.6) is 0 Å². The van der Waals surface area contributed by atoms with E-state index in [0.29, 0.717) is 13.0 Å². The molecule has 1 heterocycles. The molecule has 1 aromatic rings. The minimum absolute atomic E-state index is 0.429. The van der Waals surface area contributed by atoms with Gasteiger partial charge in [0.05, 0.1) is 8.07 Å². The lowest BCUT2D eigenvalue weighted by Crippen LogP contribution is -2.50. The van der Waals surface area contributed by atoms with Crippen LogP contribution in [0.4, 0.5) is 0 Å². The molecule has 0 bridgehead atoms. The van der Waals surface area contributed by atoms with Crippen LogP contribution in [-0.4, -0.2) is 42.7 Å². The summed E-state index contributed by atoms with van der Waals surface area (Å²) in [6, 6.07) is 8.74. The summed E-state index contributed by atoms with van der Waals surface area (Å²) >= 11 is 0. The number of likely N-dealkylation sites (tertiary alicyclic amines) is 1. The fourth-order valence-corrected chi connectivity index (χ4v) is 3.76. The van der Waals surface area contributed by atoms with Gasteiger partial charge in [0.25, 0.3) is 0 Å². The molecule has 4 nitrogen and oxygen atoms in total. The van der Waals surface area contributed by atoms with Crippen LogP contribution in [0.15, 0.2) is 24.3 Å². The minimum Gasteiger partial charge on any atom is -0.480 e. The number of aliphatic carboxylic acids is 1. The Hall–Kier alpha value is -1.17. The molecule has 0 aliphatic carbocycles. The second-order valence-electron chi connectivity index (χ2n) is 6.87. The van der Waals surface area contributed by atoms with Gasteiger partial charge >= 0.3 is 5.97 Å². The Kier molecular flexibility index (Phi) is 4.04. The van der Waals surface area contributed by atoms with Gasteiger partial charge in [0.15, 0.2) is 0 Å². The molecule has 0 radical (unpaired) electrons. The molecule has 5 heteroatoms. The Balaban J connectivity index is 2.00. The summed E-state index contributed by atoms with van der Waals surface area (Å²) in [5.74, 6) is -0.894. The lowest BCUT2D eigenvalue weighted by atomic mass is 10.0. The molecule has 0 aromatic heterocycles. The Morgan fingerprint density at radius 2 is 1.95 bits per heavy atom. The van der Waals surface area contributed by atoms with Crippen molar-refractivity contribution in [3.8, 4) is 0 Å². The van der Waals surface area contributed by atoms with Gasteiger partial charge in [-0.3, -0.25) is 9.69 Å². The highest BCUT2D eigenvalue weighted by Crippen LogP contribution is 2.21. The first-order valence-corrected chi connectivity index (χ1v) is 10.5. The smallest absolute Gasteiger partial charge is 0.325 e. The van der Waals surface area contributed by atoms with Crippen molar-refractivity contribution in [1.29, 1.82) is 0 Å². The van der Waals surface area contributed by atoms with Gasteiger partial charge < -0.3 is 10.8 Å². The summed E-state index contributed by atoms with van der Waals surface area (Å²) in [6.45, 7) is 8.95. The van der Waals surface area contributed by atoms with E-state index < -0.39 is 19.6 Å². The quantitative estimate of drug-likeness (QED) is 0.819. The van der Waals surface area contributed by atoms with Gasteiger partial charge in [-0.05, 0) is 12.0 Å². The molecule has 20 heavy (non-hydrogen) atoms. The predicted molar refractivity (Wildman–Crippen MR) is 83.9 cm³/mol. The number of benzene rings is 1. The highest BCUT2D eigenvalue weighted by Gasteiger charge is 2.40. The average molecular weight is 292 g/mol. The van der Waals surface area contributed by atoms with Crippen molar-refractivity contribution in [1.82, 2.24) is 4.90 Å². The van der Waals surface area contributed by atoms with Crippen LogP contribution in [0.3, 0.4) is 0 Å². The number of carboxylic acid groups (broad SMARTS) is 1. The molecule has 1 aromatic carbocycles. The van der Waals surface area contributed by atoms with Crippen molar-refractivity contribution in [2.24, 2.45) is 5.73 Å². The summed E-state index contributed by atoms with van der Waals surface area (Å²) in [5.41, 5.74) is 6.04. The third-order valence-corrected chi connectivity index (χ3v) is 6.10. The maximum Gasteiger partial charge on any atom is 0.325 e. The van der Waals surface area contributed by atoms with Crippen molar-refractivity contribution < 1.29 is 9.90 Å². The Morgan fingerprint density at radius 1 is 1.35 bits per heavy atom. The molecule has 1 aliphatic heterocycles. The van der Waals surface area contributed by atoms with Gasteiger partial charge in [0, 0.05) is 19.6 Å². The van der Waals surface area contributed by atoms with E-state index >= 15 is 0 Å². The zero-order valence-corrected chi connectivity index (χ0v) is 13.5. The van der Waals surface area contributed by atoms with Gasteiger partial charge in [-0.2, -0.15) is 0 Å². The fourth-order valence-electron chi connectivity index (χ4n) is 2.59. The predicted octanol–water partition coefficient (Wildman–Crippen LogP) is 1.22. The van der Waals surface area contributed by atoms with Crippen molar-refractivity contribution in [3.05, 3.63) is 29.8 Å². The number of hydrogen-bond acceptors (Lipinski definition) is 3. The molecule has 1 fully saturated rings. The fraction of sp³-hybridized carbons (Fsp3) is 0.533. The molecular formula is C15H24N2O2Si. The van der Waals surface area contributed by atoms with Gasteiger partial charge in [-0.25, -0.2) is 0 Å². The summed E-state index contributed by atoms with van der Waals surface area (Å²) < 4.78 is 0. The van der Waals surface area contributed by atoms with E-state index in [2.05, 4.69) is 48.8 Å². The van der Waals surface area contributed by atoms with E-state index in [-0.39, 0.29) is 0 Å². The second kappa shape index (κ2) is 5.31. The zero-order valence-electron chi connectivity index (χ0n) is 12.5. The molecule has 1 unspecified atom stereocenters. The first kappa shape index (κ1) is 15.2. The van der Waals surface area contributed by atoms with Gasteiger partial charge in [0.2, 0.25) is 0 Å². The summed E-state index contributed by atoms with van der Waals surface area (Å²) in [7, 11) is -1.25.